The molecule has 0 radical (unpaired) electrons. The fraction of sp³-hybridized carbons (Fsp3) is 0.826. The van der Waals surface area contributed by atoms with Gasteiger partial charge in [0.1, 0.15) is 11.6 Å². The molecule has 0 spiro atoms. The predicted octanol–water partition coefficient (Wildman–Crippen LogP) is 5.73. The highest BCUT2D eigenvalue weighted by Crippen LogP contribution is 2.31. The molecular formula is C23H44O4. The number of aliphatic hydroxyl groups is 2. The standard InChI is InChI=1S/C18H34O3.C5H10O/c1-7-16(20)18(17(21)11-9-13(4)5)15(14(6)19)10-8-12(2)3;1-4(2)5(3)6/h7,12-13,15,17-18,20-21H,8-11H2,1-6H3;4H,1-3H3/b16-7-;/t15?,17-,18?;/m1./s1. The van der Waals surface area contributed by atoms with Crippen LogP contribution in [0.3, 0.4) is 0 Å². The number of carbonyl (C=O) groups is 2. The highest BCUT2D eigenvalue weighted by Gasteiger charge is 2.34. The van der Waals surface area contributed by atoms with Gasteiger partial charge in [0.2, 0.25) is 0 Å². The molecule has 0 aliphatic heterocycles. The lowest BCUT2D eigenvalue weighted by molar-refractivity contribution is -0.124. The maximum Gasteiger partial charge on any atom is 0.133 e. The summed E-state index contributed by atoms with van der Waals surface area (Å²) in [5, 5.41) is 20.7. The maximum atomic E-state index is 12.0. The Morgan fingerprint density at radius 2 is 1.22 bits per heavy atom. The molecule has 0 aromatic rings. The lowest BCUT2D eigenvalue weighted by Crippen LogP contribution is -2.34. The van der Waals surface area contributed by atoms with Crippen molar-refractivity contribution in [3.05, 3.63) is 11.8 Å². The van der Waals surface area contributed by atoms with Crippen LogP contribution in [0, 0.1) is 29.6 Å². The van der Waals surface area contributed by atoms with Gasteiger partial charge in [-0.2, -0.15) is 0 Å². The minimum Gasteiger partial charge on any atom is -0.512 e. The van der Waals surface area contributed by atoms with E-state index < -0.39 is 12.0 Å². The summed E-state index contributed by atoms with van der Waals surface area (Å²) >= 11 is 0. The minimum atomic E-state index is -0.662. The second-order valence-corrected chi connectivity index (χ2v) is 8.73. The van der Waals surface area contributed by atoms with E-state index >= 15 is 0 Å². The van der Waals surface area contributed by atoms with Gasteiger partial charge in [0.15, 0.2) is 0 Å². The molecular weight excluding hydrogens is 340 g/mol. The molecule has 2 unspecified atom stereocenters. The number of hydrogen-bond donors (Lipinski definition) is 2. The van der Waals surface area contributed by atoms with Crippen LogP contribution in [-0.2, 0) is 9.59 Å². The highest BCUT2D eigenvalue weighted by molar-refractivity contribution is 5.79. The molecule has 4 heteroatoms. The summed E-state index contributed by atoms with van der Waals surface area (Å²) < 4.78 is 0. The van der Waals surface area contributed by atoms with Gasteiger partial charge in [-0.05, 0) is 57.9 Å². The van der Waals surface area contributed by atoms with Gasteiger partial charge in [0.05, 0.1) is 17.8 Å². The zero-order chi connectivity index (χ0) is 21.7. The van der Waals surface area contributed by atoms with Gasteiger partial charge in [0.25, 0.3) is 0 Å². The SMILES string of the molecule is C/C=C(\O)C(C(CCC(C)C)C(C)=O)[C@H](O)CCC(C)C.CC(=O)C(C)C. The van der Waals surface area contributed by atoms with Gasteiger partial charge < -0.3 is 10.2 Å². The Morgan fingerprint density at radius 1 is 0.815 bits per heavy atom. The fourth-order valence-electron chi connectivity index (χ4n) is 2.70. The molecule has 0 saturated carbocycles. The quantitative estimate of drug-likeness (QED) is 0.446. The third-order valence-corrected chi connectivity index (χ3v) is 4.92. The second kappa shape index (κ2) is 14.8. The Morgan fingerprint density at radius 3 is 1.52 bits per heavy atom. The van der Waals surface area contributed by atoms with Crippen molar-refractivity contribution >= 4 is 11.6 Å². The topological polar surface area (TPSA) is 74.6 Å². The van der Waals surface area contributed by atoms with E-state index in [0.717, 1.165) is 12.8 Å². The number of aliphatic hydroxyl groups excluding tert-OH is 2. The molecule has 0 heterocycles. The number of Topliss-reactive ketones (excluding diaryl/α,β-unsaturated/α-hetero) is 2. The highest BCUT2D eigenvalue weighted by atomic mass is 16.3. The first-order valence-corrected chi connectivity index (χ1v) is 10.4. The number of allylic oxidation sites excluding steroid dienone is 1. The Hall–Kier alpha value is -1.16. The Kier molecular flexibility index (Phi) is 15.4. The van der Waals surface area contributed by atoms with Crippen LogP contribution in [0.1, 0.15) is 88.0 Å². The van der Waals surface area contributed by atoms with Crippen molar-refractivity contribution in [2.24, 2.45) is 29.6 Å². The first-order valence-electron chi connectivity index (χ1n) is 10.4. The second-order valence-electron chi connectivity index (χ2n) is 8.73. The molecule has 0 rings (SSSR count). The largest absolute Gasteiger partial charge is 0.512 e. The minimum absolute atomic E-state index is 0.0534. The van der Waals surface area contributed by atoms with Gasteiger partial charge in [-0.3, -0.25) is 9.59 Å². The van der Waals surface area contributed by atoms with Crippen LogP contribution in [0.5, 0.6) is 0 Å². The molecule has 0 aromatic carbocycles. The van der Waals surface area contributed by atoms with Gasteiger partial charge in [-0.15, -0.1) is 0 Å². The van der Waals surface area contributed by atoms with Crippen molar-refractivity contribution in [3.8, 4) is 0 Å². The van der Waals surface area contributed by atoms with Crippen LogP contribution in [0.2, 0.25) is 0 Å². The van der Waals surface area contributed by atoms with E-state index in [0.29, 0.717) is 24.7 Å². The molecule has 0 aliphatic rings. The summed E-state index contributed by atoms with van der Waals surface area (Å²) in [6.45, 7) is 17.2. The van der Waals surface area contributed by atoms with E-state index in [2.05, 4.69) is 27.7 Å². The molecule has 0 fully saturated rings. The van der Waals surface area contributed by atoms with Crippen LogP contribution >= 0.6 is 0 Å². The van der Waals surface area contributed by atoms with Crippen LogP contribution < -0.4 is 0 Å². The zero-order valence-corrected chi connectivity index (χ0v) is 19.1. The average Bonchev–Trinajstić information content (AvgIpc) is 2.55. The summed E-state index contributed by atoms with van der Waals surface area (Å²) in [4.78, 5) is 22.2. The van der Waals surface area contributed by atoms with Crippen molar-refractivity contribution < 1.29 is 19.8 Å². The lowest BCUT2D eigenvalue weighted by Gasteiger charge is -2.30. The molecule has 4 nitrogen and oxygen atoms in total. The zero-order valence-electron chi connectivity index (χ0n) is 19.1. The molecule has 160 valence electrons. The fourth-order valence-corrected chi connectivity index (χ4v) is 2.70. The summed E-state index contributed by atoms with van der Waals surface area (Å²) in [7, 11) is 0. The van der Waals surface area contributed by atoms with E-state index in [-0.39, 0.29) is 29.2 Å². The van der Waals surface area contributed by atoms with E-state index in [1.807, 2.05) is 13.8 Å². The summed E-state index contributed by atoms with van der Waals surface area (Å²) in [5.74, 6) is 0.913. The first kappa shape index (κ1) is 28.1. The monoisotopic (exact) mass is 384 g/mol. The number of carbonyl (C=O) groups excluding carboxylic acids is 2. The van der Waals surface area contributed by atoms with Gasteiger partial charge in [-0.25, -0.2) is 0 Å². The van der Waals surface area contributed by atoms with Crippen LogP contribution in [-0.4, -0.2) is 27.9 Å². The smallest absolute Gasteiger partial charge is 0.133 e. The molecule has 0 aliphatic carbocycles. The third kappa shape index (κ3) is 13.6. The van der Waals surface area contributed by atoms with Crippen LogP contribution in [0.4, 0.5) is 0 Å². The normalized spacial score (nSPS) is 15.4. The maximum absolute atomic E-state index is 12.0. The average molecular weight is 385 g/mol. The molecule has 0 amide bonds. The summed E-state index contributed by atoms with van der Waals surface area (Å²) in [5.41, 5.74) is 0. The Bertz CT molecular complexity index is 449. The predicted molar refractivity (Wildman–Crippen MR) is 114 cm³/mol. The van der Waals surface area contributed by atoms with Gasteiger partial charge in [0, 0.05) is 11.8 Å². The molecule has 3 atom stereocenters. The van der Waals surface area contributed by atoms with Crippen LogP contribution in [0.25, 0.3) is 0 Å². The lowest BCUT2D eigenvalue weighted by atomic mass is 9.78. The molecule has 2 N–H and O–H groups in total. The summed E-state index contributed by atoms with van der Waals surface area (Å²) in [6, 6.07) is 0. The van der Waals surface area contributed by atoms with Crippen molar-refractivity contribution in [2.45, 2.75) is 94.1 Å². The molecule has 0 saturated heterocycles. The van der Waals surface area contributed by atoms with Crippen LogP contribution in [0.15, 0.2) is 11.8 Å². The van der Waals surface area contributed by atoms with E-state index in [4.69, 9.17) is 0 Å². The van der Waals surface area contributed by atoms with Crippen molar-refractivity contribution in [3.63, 3.8) is 0 Å². The molecule has 0 bridgehead atoms. The van der Waals surface area contributed by atoms with E-state index in [1.54, 1.807) is 26.8 Å². The number of hydrogen-bond acceptors (Lipinski definition) is 4. The number of ketones is 2. The Labute approximate surface area is 167 Å². The molecule has 0 aromatic heterocycles. The van der Waals surface area contributed by atoms with Crippen molar-refractivity contribution in [2.75, 3.05) is 0 Å². The van der Waals surface area contributed by atoms with Crippen molar-refractivity contribution in [1.82, 2.24) is 0 Å². The van der Waals surface area contributed by atoms with Gasteiger partial charge >= 0.3 is 0 Å². The Balaban J connectivity index is 0. The third-order valence-electron chi connectivity index (χ3n) is 4.92. The summed E-state index contributed by atoms with van der Waals surface area (Å²) in [6.07, 6.45) is 4.09. The molecule has 27 heavy (non-hydrogen) atoms. The first-order chi connectivity index (χ1) is 12.3. The number of rotatable bonds is 11. The van der Waals surface area contributed by atoms with E-state index in [1.165, 1.54) is 0 Å². The van der Waals surface area contributed by atoms with Crippen molar-refractivity contribution in [1.29, 1.82) is 0 Å². The van der Waals surface area contributed by atoms with E-state index in [9.17, 15) is 19.8 Å². The van der Waals surface area contributed by atoms with Gasteiger partial charge in [-0.1, -0.05) is 48.0 Å².